The molecule has 1 heterocycles. The number of ether oxygens (including phenoxy) is 2. The number of hydrogen-bond donors (Lipinski definition) is 0. The fraction of sp³-hybridized carbons (Fsp3) is 0.208. The highest BCUT2D eigenvalue weighted by Crippen LogP contribution is 2.29. The highest BCUT2D eigenvalue weighted by Gasteiger charge is 2.11. The molecule has 2 aromatic carbocycles. The third-order valence-electron chi connectivity index (χ3n) is 4.40. The summed E-state index contributed by atoms with van der Waals surface area (Å²) in [5, 5.41) is 0.622. The van der Waals surface area contributed by atoms with Gasteiger partial charge in [0, 0.05) is 19.9 Å². The number of thiophene rings is 1. The van der Waals surface area contributed by atoms with Crippen molar-refractivity contribution < 1.29 is 14.3 Å². The lowest BCUT2D eigenvalue weighted by Crippen LogP contribution is -1.99. The Morgan fingerprint density at radius 3 is 2.77 bits per heavy atom. The molecule has 0 bridgehead atoms. The van der Waals surface area contributed by atoms with E-state index in [1.54, 1.807) is 36.7 Å². The number of aryl methyl sites for hydroxylation is 1. The van der Waals surface area contributed by atoms with Gasteiger partial charge in [0.1, 0.15) is 18.1 Å². The van der Waals surface area contributed by atoms with Crippen LogP contribution in [-0.2, 0) is 13.0 Å². The van der Waals surface area contributed by atoms with E-state index in [0.29, 0.717) is 17.4 Å². The average molecular weight is 506 g/mol. The van der Waals surface area contributed by atoms with Crippen LogP contribution in [0.1, 0.15) is 39.0 Å². The number of ketones is 1. The van der Waals surface area contributed by atoms with Gasteiger partial charge in [0.2, 0.25) is 0 Å². The van der Waals surface area contributed by atoms with E-state index in [9.17, 15) is 4.79 Å². The molecule has 3 rings (SSSR count). The molecule has 3 aromatic rings. The SMILES string of the molecule is CCCc1sc(C(=O)/C=C/c2ccc(OC)c(COc3cccc(Cl)c3)c2)cc1Br. The van der Waals surface area contributed by atoms with Gasteiger partial charge in [-0.2, -0.15) is 0 Å². The second-order valence-electron chi connectivity index (χ2n) is 6.65. The molecule has 1 aromatic heterocycles. The van der Waals surface area contributed by atoms with Crippen molar-refractivity contribution in [2.24, 2.45) is 0 Å². The summed E-state index contributed by atoms with van der Waals surface area (Å²) in [4.78, 5) is 14.5. The first-order chi connectivity index (χ1) is 14.5. The summed E-state index contributed by atoms with van der Waals surface area (Å²) in [6.45, 7) is 2.46. The Balaban J connectivity index is 1.73. The van der Waals surface area contributed by atoms with Gasteiger partial charge >= 0.3 is 0 Å². The second kappa shape index (κ2) is 10.8. The predicted molar refractivity (Wildman–Crippen MR) is 128 cm³/mol. The maximum Gasteiger partial charge on any atom is 0.195 e. The molecule has 30 heavy (non-hydrogen) atoms. The lowest BCUT2D eigenvalue weighted by Gasteiger charge is -2.11. The largest absolute Gasteiger partial charge is 0.496 e. The van der Waals surface area contributed by atoms with Crippen molar-refractivity contribution in [2.75, 3.05) is 7.11 Å². The molecule has 0 saturated heterocycles. The van der Waals surface area contributed by atoms with E-state index < -0.39 is 0 Å². The van der Waals surface area contributed by atoms with E-state index >= 15 is 0 Å². The number of carbonyl (C=O) groups excluding carboxylic acids is 1. The summed E-state index contributed by atoms with van der Waals surface area (Å²) in [6.07, 6.45) is 5.44. The van der Waals surface area contributed by atoms with Crippen molar-refractivity contribution in [3.8, 4) is 11.5 Å². The molecule has 6 heteroatoms. The lowest BCUT2D eigenvalue weighted by molar-refractivity contribution is 0.105. The molecule has 3 nitrogen and oxygen atoms in total. The zero-order valence-electron chi connectivity index (χ0n) is 16.8. The van der Waals surface area contributed by atoms with E-state index in [2.05, 4.69) is 22.9 Å². The van der Waals surface area contributed by atoms with Crippen LogP contribution in [0.25, 0.3) is 6.08 Å². The Hall–Kier alpha value is -2.08. The fourth-order valence-corrected chi connectivity index (χ4v) is 4.99. The van der Waals surface area contributed by atoms with Gasteiger partial charge < -0.3 is 9.47 Å². The van der Waals surface area contributed by atoms with Gasteiger partial charge in [-0.15, -0.1) is 11.3 Å². The summed E-state index contributed by atoms with van der Waals surface area (Å²) < 4.78 is 12.3. The van der Waals surface area contributed by atoms with Crippen LogP contribution >= 0.6 is 38.9 Å². The van der Waals surface area contributed by atoms with Crippen molar-refractivity contribution >= 4 is 50.7 Å². The van der Waals surface area contributed by atoms with Gasteiger partial charge in [0.05, 0.1) is 12.0 Å². The highest BCUT2D eigenvalue weighted by molar-refractivity contribution is 9.10. The fourth-order valence-electron chi connectivity index (χ4n) is 2.91. The minimum Gasteiger partial charge on any atom is -0.496 e. The Morgan fingerprint density at radius 1 is 1.20 bits per heavy atom. The van der Waals surface area contributed by atoms with Crippen LogP contribution in [0.2, 0.25) is 5.02 Å². The van der Waals surface area contributed by atoms with Crippen LogP contribution in [0.4, 0.5) is 0 Å². The van der Waals surface area contributed by atoms with Crippen LogP contribution in [-0.4, -0.2) is 12.9 Å². The second-order valence-corrected chi connectivity index (χ2v) is 9.07. The summed E-state index contributed by atoms with van der Waals surface area (Å²) in [5.74, 6) is 1.41. The van der Waals surface area contributed by atoms with Gasteiger partial charge in [-0.3, -0.25) is 4.79 Å². The zero-order valence-corrected chi connectivity index (χ0v) is 19.9. The summed E-state index contributed by atoms with van der Waals surface area (Å²) in [6, 6.07) is 14.9. The highest BCUT2D eigenvalue weighted by atomic mass is 79.9. The summed E-state index contributed by atoms with van der Waals surface area (Å²) in [7, 11) is 1.62. The Morgan fingerprint density at radius 2 is 2.03 bits per heavy atom. The maximum atomic E-state index is 12.6. The Labute approximate surface area is 194 Å². The number of carbonyl (C=O) groups is 1. The van der Waals surface area contributed by atoms with E-state index in [0.717, 1.165) is 39.1 Å². The topological polar surface area (TPSA) is 35.5 Å². The number of benzene rings is 2. The monoisotopic (exact) mass is 504 g/mol. The van der Waals surface area contributed by atoms with Gasteiger partial charge in [0.25, 0.3) is 0 Å². The molecule has 0 unspecified atom stereocenters. The molecule has 156 valence electrons. The molecule has 0 spiro atoms. The van der Waals surface area contributed by atoms with Crippen molar-refractivity contribution in [1.82, 2.24) is 0 Å². The molecular weight excluding hydrogens is 484 g/mol. The number of halogens is 2. The lowest BCUT2D eigenvalue weighted by atomic mass is 10.1. The van der Waals surface area contributed by atoms with Crippen molar-refractivity contribution in [1.29, 1.82) is 0 Å². The maximum absolute atomic E-state index is 12.6. The minimum atomic E-state index is -0.00408. The van der Waals surface area contributed by atoms with E-state index in [-0.39, 0.29) is 5.78 Å². The third-order valence-corrected chi connectivity index (χ3v) is 6.81. The van der Waals surface area contributed by atoms with Crippen LogP contribution in [0, 0.1) is 0 Å². The summed E-state index contributed by atoms with van der Waals surface area (Å²) >= 11 is 11.1. The van der Waals surface area contributed by atoms with Crippen molar-refractivity contribution in [3.63, 3.8) is 0 Å². The molecule has 0 radical (unpaired) electrons. The third kappa shape index (κ3) is 5.97. The van der Waals surface area contributed by atoms with Crippen LogP contribution in [0.15, 0.2) is 59.1 Å². The first kappa shape index (κ1) is 22.6. The van der Waals surface area contributed by atoms with Crippen molar-refractivity contribution in [3.05, 3.63) is 85.0 Å². The zero-order chi connectivity index (χ0) is 21.5. The molecule has 0 aliphatic heterocycles. The minimum absolute atomic E-state index is 0.00408. The Bertz CT molecular complexity index is 1060. The molecule has 0 aliphatic rings. The standard InChI is InChI=1S/C24H22BrClO3S/c1-3-5-23-20(25)14-24(30-23)21(27)10-8-16-9-11-22(28-2)17(12-16)15-29-19-7-4-6-18(26)13-19/h4,6-14H,3,5,15H2,1-2H3/b10-8+. The van der Waals surface area contributed by atoms with Crippen LogP contribution in [0.3, 0.4) is 0 Å². The van der Waals surface area contributed by atoms with E-state index in [4.69, 9.17) is 21.1 Å². The van der Waals surface area contributed by atoms with E-state index in [1.165, 1.54) is 4.88 Å². The van der Waals surface area contributed by atoms with Crippen LogP contribution in [0.5, 0.6) is 11.5 Å². The van der Waals surface area contributed by atoms with E-state index in [1.807, 2.05) is 42.5 Å². The molecule has 0 N–H and O–H groups in total. The Kier molecular flexibility index (Phi) is 8.14. The first-order valence-electron chi connectivity index (χ1n) is 9.56. The summed E-state index contributed by atoms with van der Waals surface area (Å²) in [5.41, 5.74) is 1.79. The molecule has 0 fully saturated rings. The number of rotatable bonds is 9. The molecular formula is C24H22BrClO3S. The molecule has 0 saturated carbocycles. The normalized spacial score (nSPS) is 11.1. The molecule has 0 amide bonds. The molecule has 0 aliphatic carbocycles. The number of methoxy groups -OCH3 is 1. The molecule has 0 atom stereocenters. The smallest absolute Gasteiger partial charge is 0.195 e. The van der Waals surface area contributed by atoms with Gasteiger partial charge in [-0.05, 0) is 70.4 Å². The average Bonchev–Trinajstić information content (AvgIpc) is 3.11. The van der Waals surface area contributed by atoms with Gasteiger partial charge in [-0.1, -0.05) is 43.2 Å². The first-order valence-corrected chi connectivity index (χ1v) is 11.5. The van der Waals surface area contributed by atoms with Gasteiger partial charge in [-0.25, -0.2) is 0 Å². The quantitative estimate of drug-likeness (QED) is 0.222. The number of allylic oxidation sites excluding steroid dienone is 1. The predicted octanol–water partition coefficient (Wildman–Crippen LogP) is 7.60. The van der Waals surface area contributed by atoms with Gasteiger partial charge in [0.15, 0.2) is 5.78 Å². The van der Waals surface area contributed by atoms with Crippen molar-refractivity contribution in [2.45, 2.75) is 26.4 Å². The number of hydrogen-bond acceptors (Lipinski definition) is 4. The van der Waals surface area contributed by atoms with Crippen LogP contribution < -0.4 is 9.47 Å².